The van der Waals surface area contributed by atoms with E-state index in [2.05, 4.69) is 20.4 Å². The number of hydrogen-bond acceptors (Lipinski definition) is 7. The zero-order valence-corrected chi connectivity index (χ0v) is 19.1. The first-order valence-corrected chi connectivity index (χ1v) is 11.5. The van der Waals surface area contributed by atoms with Crippen LogP contribution < -0.4 is 5.32 Å². The average molecular weight is 442 g/mol. The number of carbonyl (C=O) groups excluding carboxylic acids is 2. The molecule has 2 aromatic heterocycles. The molecule has 0 fully saturated rings. The molecule has 2 heterocycles. The molecule has 9 heteroatoms. The van der Waals surface area contributed by atoms with Crippen LogP contribution in [-0.2, 0) is 16.0 Å². The van der Waals surface area contributed by atoms with Crippen molar-refractivity contribution in [3.8, 4) is 0 Å². The number of unbranched alkanes of at least 4 members (excludes halogenated alkanes) is 1. The molecule has 0 bridgehead atoms. The van der Waals surface area contributed by atoms with Crippen LogP contribution in [0.5, 0.6) is 0 Å². The van der Waals surface area contributed by atoms with E-state index in [-0.39, 0.29) is 11.9 Å². The number of thioether (sulfide) groups is 1. The second-order valence-corrected chi connectivity index (χ2v) is 7.96. The van der Waals surface area contributed by atoms with Gasteiger partial charge in [-0.25, -0.2) is 14.3 Å². The Morgan fingerprint density at radius 2 is 1.90 bits per heavy atom. The molecule has 1 aromatic carbocycles. The van der Waals surface area contributed by atoms with E-state index in [0.717, 1.165) is 29.8 Å². The largest absolute Gasteiger partial charge is 0.462 e. The Bertz CT molecular complexity index is 1080. The maximum atomic E-state index is 12.5. The lowest BCUT2D eigenvalue weighted by Crippen LogP contribution is -2.14. The summed E-state index contributed by atoms with van der Waals surface area (Å²) in [5.41, 5.74) is 3.89. The molecule has 8 nitrogen and oxygen atoms in total. The first-order chi connectivity index (χ1) is 14.9. The normalized spacial score (nSPS) is 11.0. The number of benzene rings is 1. The van der Waals surface area contributed by atoms with Crippen molar-refractivity contribution in [2.45, 2.75) is 51.6 Å². The van der Waals surface area contributed by atoms with Gasteiger partial charge < -0.3 is 10.1 Å². The number of nitrogens with zero attached hydrogens (tertiary/aromatic N) is 4. The van der Waals surface area contributed by atoms with Crippen LogP contribution >= 0.6 is 11.8 Å². The highest BCUT2D eigenvalue weighted by molar-refractivity contribution is 7.98. The SMILES string of the molecule is CCCCOC(=O)c1ccc(NC(=O)CCc2c(C)nc3nc(SC)nn3c2C)cc1. The van der Waals surface area contributed by atoms with Crippen molar-refractivity contribution >= 4 is 35.1 Å². The standard InChI is InChI=1S/C22H27N5O3S/c1-5-6-13-30-20(29)16-7-9-17(10-8-16)24-19(28)12-11-18-14(2)23-21-25-22(31-4)26-27(21)15(18)3/h7-10H,5-6,11-13H2,1-4H3,(H,24,28). The van der Waals surface area contributed by atoms with Crippen LogP contribution in [0.15, 0.2) is 29.4 Å². The molecule has 3 rings (SSSR count). The number of fused-ring (bicyclic) bond motifs is 1. The number of carbonyl (C=O) groups is 2. The molecule has 1 N–H and O–H groups in total. The number of hydrogen-bond donors (Lipinski definition) is 1. The summed E-state index contributed by atoms with van der Waals surface area (Å²) in [6.07, 6.45) is 4.59. The monoisotopic (exact) mass is 441 g/mol. The molecule has 164 valence electrons. The highest BCUT2D eigenvalue weighted by atomic mass is 32.2. The number of esters is 1. The maximum absolute atomic E-state index is 12.5. The number of anilines is 1. The van der Waals surface area contributed by atoms with E-state index in [9.17, 15) is 9.59 Å². The smallest absolute Gasteiger partial charge is 0.338 e. The lowest BCUT2D eigenvalue weighted by molar-refractivity contribution is -0.116. The number of aryl methyl sites for hydroxylation is 2. The minimum atomic E-state index is -0.349. The van der Waals surface area contributed by atoms with Gasteiger partial charge >= 0.3 is 5.97 Å². The molecule has 0 spiro atoms. The lowest BCUT2D eigenvalue weighted by atomic mass is 10.1. The predicted octanol–water partition coefficient (Wildman–Crippen LogP) is 3.99. The molecule has 31 heavy (non-hydrogen) atoms. The summed E-state index contributed by atoms with van der Waals surface area (Å²) in [6, 6.07) is 6.73. The highest BCUT2D eigenvalue weighted by Gasteiger charge is 2.15. The average Bonchev–Trinajstić information content (AvgIpc) is 3.17. The van der Waals surface area contributed by atoms with Crippen molar-refractivity contribution in [2.75, 3.05) is 18.2 Å². The Kier molecular flexibility index (Phi) is 7.62. The van der Waals surface area contributed by atoms with E-state index < -0.39 is 0 Å². The minimum absolute atomic E-state index is 0.111. The van der Waals surface area contributed by atoms with E-state index in [1.165, 1.54) is 11.8 Å². The molecule has 0 aliphatic rings. The number of nitrogens with one attached hydrogen (secondary N) is 1. The van der Waals surface area contributed by atoms with Crippen molar-refractivity contribution in [1.29, 1.82) is 0 Å². The summed E-state index contributed by atoms with van der Waals surface area (Å²) >= 11 is 1.47. The van der Waals surface area contributed by atoms with Gasteiger partial charge in [-0.05, 0) is 62.8 Å². The van der Waals surface area contributed by atoms with Crippen molar-refractivity contribution in [3.63, 3.8) is 0 Å². The number of rotatable bonds is 9. The predicted molar refractivity (Wildman–Crippen MR) is 121 cm³/mol. The Balaban J connectivity index is 1.59. The summed E-state index contributed by atoms with van der Waals surface area (Å²) in [5.74, 6) is 0.110. The van der Waals surface area contributed by atoms with Crippen LogP contribution in [0.4, 0.5) is 5.69 Å². The van der Waals surface area contributed by atoms with Gasteiger partial charge in [0, 0.05) is 23.5 Å². The van der Waals surface area contributed by atoms with Crippen molar-refractivity contribution in [2.24, 2.45) is 0 Å². The van der Waals surface area contributed by atoms with Crippen LogP contribution in [0.25, 0.3) is 5.78 Å². The summed E-state index contributed by atoms with van der Waals surface area (Å²) in [5, 5.41) is 7.98. The summed E-state index contributed by atoms with van der Waals surface area (Å²) in [6.45, 7) is 6.34. The molecule has 0 aliphatic heterocycles. The zero-order valence-electron chi connectivity index (χ0n) is 18.3. The fourth-order valence-electron chi connectivity index (χ4n) is 3.18. The third-order valence-corrected chi connectivity index (χ3v) is 5.49. The third kappa shape index (κ3) is 5.61. The van der Waals surface area contributed by atoms with Gasteiger partial charge in [-0.1, -0.05) is 25.1 Å². The zero-order chi connectivity index (χ0) is 22.4. The number of aromatic nitrogens is 4. The van der Waals surface area contributed by atoms with Crippen molar-refractivity contribution in [3.05, 3.63) is 46.8 Å². The lowest BCUT2D eigenvalue weighted by Gasteiger charge is -2.11. The second-order valence-electron chi connectivity index (χ2n) is 7.19. The molecule has 0 aliphatic carbocycles. The van der Waals surface area contributed by atoms with E-state index >= 15 is 0 Å². The van der Waals surface area contributed by atoms with Crippen molar-refractivity contribution in [1.82, 2.24) is 19.6 Å². The van der Waals surface area contributed by atoms with Crippen LogP contribution in [0.3, 0.4) is 0 Å². The van der Waals surface area contributed by atoms with Gasteiger partial charge in [-0.2, -0.15) is 4.98 Å². The van der Waals surface area contributed by atoms with Gasteiger partial charge in [0.15, 0.2) is 0 Å². The first kappa shape index (κ1) is 22.7. The molecule has 0 saturated carbocycles. The van der Waals surface area contributed by atoms with Crippen LogP contribution in [0, 0.1) is 13.8 Å². The fourth-order valence-corrected chi connectivity index (χ4v) is 3.52. The molecule has 0 unspecified atom stereocenters. The fraction of sp³-hybridized carbons (Fsp3) is 0.409. The Morgan fingerprint density at radius 1 is 1.16 bits per heavy atom. The second kappa shape index (κ2) is 10.4. The summed E-state index contributed by atoms with van der Waals surface area (Å²) in [4.78, 5) is 33.3. The molecular weight excluding hydrogens is 414 g/mol. The van der Waals surface area contributed by atoms with E-state index in [4.69, 9.17) is 4.74 Å². The number of ether oxygens (including phenoxy) is 1. The van der Waals surface area contributed by atoms with Gasteiger partial charge in [-0.15, -0.1) is 5.10 Å². The molecule has 0 radical (unpaired) electrons. The molecular formula is C22H27N5O3S. The topological polar surface area (TPSA) is 98.5 Å². The van der Waals surface area contributed by atoms with Gasteiger partial charge in [0.1, 0.15) is 0 Å². The van der Waals surface area contributed by atoms with Crippen LogP contribution in [0.1, 0.15) is 53.5 Å². The highest BCUT2D eigenvalue weighted by Crippen LogP contribution is 2.18. The van der Waals surface area contributed by atoms with Gasteiger partial charge in [0.05, 0.1) is 12.2 Å². The minimum Gasteiger partial charge on any atom is -0.462 e. The molecule has 3 aromatic rings. The Hall–Kier alpha value is -2.94. The first-order valence-electron chi connectivity index (χ1n) is 10.3. The summed E-state index contributed by atoms with van der Waals surface area (Å²) in [7, 11) is 0. The Labute approximate surface area is 185 Å². The molecule has 0 saturated heterocycles. The van der Waals surface area contributed by atoms with Crippen LogP contribution in [-0.4, -0.2) is 44.3 Å². The molecule has 1 amide bonds. The third-order valence-electron chi connectivity index (χ3n) is 4.95. The Morgan fingerprint density at radius 3 is 2.58 bits per heavy atom. The van der Waals surface area contributed by atoms with E-state index in [1.807, 2.05) is 27.0 Å². The maximum Gasteiger partial charge on any atom is 0.338 e. The van der Waals surface area contributed by atoms with Gasteiger partial charge in [0.2, 0.25) is 11.1 Å². The quantitative estimate of drug-likeness (QED) is 0.304. The van der Waals surface area contributed by atoms with Crippen LogP contribution in [0.2, 0.25) is 0 Å². The van der Waals surface area contributed by atoms with Gasteiger partial charge in [-0.3, -0.25) is 4.79 Å². The molecule has 0 atom stereocenters. The van der Waals surface area contributed by atoms with E-state index in [1.54, 1.807) is 28.8 Å². The van der Waals surface area contributed by atoms with Crippen molar-refractivity contribution < 1.29 is 14.3 Å². The summed E-state index contributed by atoms with van der Waals surface area (Å²) < 4.78 is 6.92. The van der Waals surface area contributed by atoms with E-state index in [0.29, 0.717) is 41.6 Å². The van der Waals surface area contributed by atoms with Gasteiger partial charge in [0.25, 0.3) is 5.78 Å². The number of amides is 1.